The molecule has 0 amide bonds. The van der Waals surface area contributed by atoms with Crippen molar-refractivity contribution in [1.29, 1.82) is 0 Å². The largest absolute Gasteiger partial charge is 0.383 e. The summed E-state index contributed by atoms with van der Waals surface area (Å²) in [4.78, 5) is 4.83. The van der Waals surface area contributed by atoms with Crippen molar-refractivity contribution in [3.63, 3.8) is 0 Å². The van der Waals surface area contributed by atoms with Crippen LogP contribution in [0.4, 0.5) is 5.82 Å². The molecule has 0 aromatic carbocycles. The van der Waals surface area contributed by atoms with Gasteiger partial charge in [-0.15, -0.1) is 0 Å². The fourth-order valence-electron chi connectivity index (χ4n) is 2.43. The third-order valence-electron chi connectivity index (χ3n) is 3.63. The van der Waals surface area contributed by atoms with Crippen molar-refractivity contribution in [3.8, 4) is 11.3 Å². The Morgan fingerprint density at radius 3 is 2.20 bits per heavy atom. The quantitative estimate of drug-likeness (QED) is 0.916. The van der Waals surface area contributed by atoms with Crippen LogP contribution in [0.1, 0.15) is 52.2 Å². The molecular weight excluding hydrogens is 250 g/mol. The van der Waals surface area contributed by atoms with Crippen molar-refractivity contribution in [2.45, 2.75) is 53.0 Å². The zero-order valence-corrected chi connectivity index (χ0v) is 13.5. The number of aryl methyl sites for hydroxylation is 1. The molecule has 20 heavy (non-hydrogen) atoms. The number of aromatic nitrogens is 4. The number of nitrogen functional groups attached to an aromatic ring is 1. The maximum Gasteiger partial charge on any atom is 0.132 e. The average Bonchev–Trinajstić information content (AvgIpc) is 2.81. The first-order valence-corrected chi connectivity index (χ1v) is 7.01. The van der Waals surface area contributed by atoms with Gasteiger partial charge in [0.1, 0.15) is 17.3 Å². The van der Waals surface area contributed by atoms with E-state index in [0.717, 1.165) is 28.6 Å². The fourth-order valence-corrected chi connectivity index (χ4v) is 2.43. The smallest absolute Gasteiger partial charge is 0.132 e. The van der Waals surface area contributed by atoms with Crippen LogP contribution in [-0.4, -0.2) is 19.3 Å². The van der Waals surface area contributed by atoms with E-state index in [0.29, 0.717) is 0 Å². The summed E-state index contributed by atoms with van der Waals surface area (Å²) in [7, 11) is 1.93. The average molecular weight is 275 g/mol. The third-order valence-corrected chi connectivity index (χ3v) is 3.63. The van der Waals surface area contributed by atoms with Crippen molar-refractivity contribution in [3.05, 3.63) is 17.7 Å². The van der Waals surface area contributed by atoms with E-state index in [4.69, 9.17) is 10.7 Å². The Hall–Kier alpha value is -1.78. The third kappa shape index (κ3) is 2.21. The Kier molecular flexibility index (Phi) is 3.40. The molecule has 2 rings (SSSR count). The van der Waals surface area contributed by atoms with Gasteiger partial charge in [0, 0.05) is 29.8 Å². The van der Waals surface area contributed by atoms with Crippen molar-refractivity contribution < 1.29 is 0 Å². The molecular formula is C15H25N5. The van der Waals surface area contributed by atoms with Gasteiger partial charge in [0.05, 0.1) is 6.20 Å². The lowest BCUT2D eigenvalue weighted by molar-refractivity contribution is 0.473. The minimum atomic E-state index is -0.0489. The second kappa shape index (κ2) is 4.65. The highest BCUT2D eigenvalue weighted by molar-refractivity contribution is 5.72. The second-order valence-corrected chi connectivity index (χ2v) is 6.65. The first-order valence-electron chi connectivity index (χ1n) is 7.01. The van der Waals surface area contributed by atoms with Gasteiger partial charge in [-0.2, -0.15) is 5.10 Å². The summed E-state index contributed by atoms with van der Waals surface area (Å²) in [6.45, 7) is 12.8. The Labute approximate surface area is 120 Å². The van der Waals surface area contributed by atoms with Gasteiger partial charge in [0.2, 0.25) is 0 Å². The number of rotatable bonds is 2. The van der Waals surface area contributed by atoms with Gasteiger partial charge >= 0.3 is 0 Å². The standard InChI is InChI=1S/C15H25N5/c1-9(2)20-13(16)12(18-14(20)15(4,5)6)11-8-17-19(7)10(11)3/h8-9H,16H2,1-7H3. The molecule has 5 nitrogen and oxygen atoms in total. The maximum atomic E-state index is 6.38. The topological polar surface area (TPSA) is 61.7 Å². The summed E-state index contributed by atoms with van der Waals surface area (Å²) in [5.41, 5.74) is 9.25. The summed E-state index contributed by atoms with van der Waals surface area (Å²) < 4.78 is 3.97. The van der Waals surface area contributed by atoms with Crippen molar-refractivity contribution in [2.75, 3.05) is 5.73 Å². The van der Waals surface area contributed by atoms with Crippen LogP contribution in [0.25, 0.3) is 11.3 Å². The van der Waals surface area contributed by atoms with Crippen LogP contribution in [-0.2, 0) is 12.5 Å². The number of hydrogen-bond acceptors (Lipinski definition) is 3. The molecule has 2 aromatic heterocycles. The molecule has 2 N–H and O–H groups in total. The molecule has 0 radical (unpaired) electrons. The van der Waals surface area contributed by atoms with Crippen molar-refractivity contribution >= 4 is 5.82 Å². The van der Waals surface area contributed by atoms with E-state index in [1.165, 1.54) is 0 Å². The zero-order chi connectivity index (χ0) is 15.2. The number of anilines is 1. The lowest BCUT2D eigenvalue weighted by Crippen LogP contribution is -2.21. The first kappa shape index (κ1) is 14.6. The zero-order valence-electron chi connectivity index (χ0n) is 13.5. The summed E-state index contributed by atoms with van der Waals surface area (Å²) >= 11 is 0. The predicted octanol–water partition coefficient (Wildman–Crippen LogP) is 3.05. The van der Waals surface area contributed by atoms with E-state index in [1.807, 2.05) is 24.9 Å². The van der Waals surface area contributed by atoms with E-state index in [9.17, 15) is 0 Å². The van der Waals surface area contributed by atoms with E-state index in [-0.39, 0.29) is 11.5 Å². The lowest BCUT2D eigenvalue weighted by atomic mass is 9.95. The molecule has 0 atom stereocenters. The molecule has 0 bridgehead atoms. The van der Waals surface area contributed by atoms with E-state index >= 15 is 0 Å². The number of nitrogens with two attached hydrogens (primary N) is 1. The summed E-state index contributed by atoms with van der Waals surface area (Å²) in [5.74, 6) is 1.74. The Balaban J connectivity index is 2.71. The second-order valence-electron chi connectivity index (χ2n) is 6.65. The Morgan fingerprint density at radius 2 is 1.85 bits per heavy atom. The van der Waals surface area contributed by atoms with Crippen molar-refractivity contribution in [2.24, 2.45) is 7.05 Å². The summed E-state index contributed by atoms with van der Waals surface area (Å²) in [6, 6.07) is 0.280. The number of imidazole rings is 1. The minimum Gasteiger partial charge on any atom is -0.383 e. The van der Waals surface area contributed by atoms with Crippen LogP contribution in [0.5, 0.6) is 0 Å². The highest BCUT2D eigenvalue weighted by atomic mass is 15.3. The van der Waals surface area contributed by atoms with Crippen LogP contribution in [0, 0.1) is 6.92 Å². The lowest BCUT2D eigenvalue weighted by Gasteiger charge is -2.22. The highest BCUT2D eigenvalue weighted by Gasteiger charge is 2.27. The van der Waals surface area contributed by atoms with Crippen molar-refractivity contribution in [1.82, 2.24) is 19.3 Å². The van der Waals surface area contributed by atoms with E-state index < -0.39 is 0 Å². The summed E-state index contributed by atoms with van der Waals surface area (Å²) in [5, 5.41) is 4.29. The molecule has 0 spiro atoms. The molecule has 0 aliphatic rings. The van der Waals surface area contributed by atoms with Gasteiger partial charge in [-0.25, -0.2) is 4.98 Å². The minimum absolute atomic E-state index is 0.0489. The molecule has 0 fully saturated rings. The normalized spacial score (nSPS) is 12.4. The fraction of sp³-hybridized carbons (Fsp3) is 0.600. The molecule has 0 aliphatic heterocycles. The molecule has 5 heteroatoms. The van der Waals surface area contributed by atoms with Crippen LogP contribution in [0.2, 0.25) is 0 Å². The molecule has 2 heterocycles. The molecule has 0 unspecified atom stereocenters. The van der Waals surface area contributed by atoms with E-state index in [2.05, 4.69) is 44.3 Å². The van der Waals surface area contributed by atoms with E-state index in [1.54, 1.807) is 0 Å². The van der Waals surface area contributed by atoms with Gasteiger partial charge in [-0.1, -0.05) is 20.8 Å². The maximum absolute atomic E-state index is 6.38. The van der Waals surface area contributed by atoms with Gasteiger partial charge in [-0.05, 0) is 20.8 Å². The molecule has 2 aromatic rings. The molecule has 110 valence electrons. The van der Waals surface area contributed by atoms with Crippen LogP contribution in [0.3, 0.4) is 0 Å². The summed E-state index contributed by atoms with van der Waals surface area (Å²) in [6.07, 6.45) is 1.84. The molecule has 0 aliphatic carbocycles. The first-order chi connectivity index (χ1) is 9.14. The van der Waals surface area contributed by atoms with Gasteiger partial charge in [-0.3, -0.25) is 4.68 Å². The van der Waals surface area contributed by atoms with Crippen LogP contribution < -0.4 is 5.73 Å². The highest BCUT2D eigenvalue weighted by Crippen LogP contribution is 2.35. The van der Waals surface area contributed by atoms with Crippen LogP contribution in [0.15, 0.2) is 6.20 Å². The monoisotopic (exact) mass is 275 g/mol. The predicted molar refractivity (Wildman–Crippen MR) is 82.7 cm³/mol. The van der Waals surface area contributed by atoms with Crippen LogP contribution >= 0.6 is 0 Å². The Morgan fingerprint density at radius 1 is 1.25 bits per heavy atom. The Bertz CT molecular complexity index is 625. The number of hydrogen-bond donors (Lipinski definition) is 1. The molecule has 0 saturated carbocycles. The van der Waals surface area contributed by atoms with Gasteiger partial charge in [0.15, 0.2) is 0 Å². The number of nitrogens with zero attached hydrogens (tertiary/aromatic N) is 4. The van der Waals surface area contributed by atoms with Gasteiger partial charge in [0.25, 0.3) is 0 Å². The van der Waals surface area contributed by atoms with Gasteiger partial charge < -0.3 is 10.3 Å². The SMILES string of the molecule is Cc1c(-c2nc(C(C)(C)C)n(C(C)C)c2N)cnn1C. The molecule has 0 saturated heterocycles.